The highest BCUT2D eigenvalue weighted by Gasteiger charge is 2.65. The van der Waals surface area contributed by atoms with E-state index < -0.39 is 35.1 Å². The van der Waals surface area contributed by atoms with Gasteiger partial charge in [0, 0.05) is 40.1 Å². The van der Waals surface area contributed by atoms with E-state index in [0.717, 1.165) is 0 Å². The van der Waals surface area contributed by atoms with Crippen LogP contribution >= 0.6 is 11.6 Å². The van der Waals surface area contributed by atoms with Gasteiger partial charge in [0.1, 0.15) is 11.9 Å². The van der Waals surface area contributed by atoms with Gasteiger partial charge in [-0.05, 0) is 54.1 Å². The summed E-state index contributed by atoms with van der Waals surface area (Å²) >= 11 is 6.02. The van der Waals surface area contributed by atoms with Crippen LogP contribution in [0.1, 0.15) is 27.4 Å². The highest BCUT2D eigenvalue weighted by molar-refractivity contribution is 6.30. The molecule has 0 unspecified atom stereocenters. The van der Waals surface area contributed by atoms with Gasteiger partial charge < -0.3 is 10.6 Å². The second kappa shape index (κ2) is 8.08. The maximum Gasteiger partial charge on any atom is 0.241 e. The molecule has 5 rings (SSSR count). The Bertz CT molecular complexity index is 1370. The van der Waals surface area contributed by atoms with Crippen molar-refractivity contribution >= 4 is 35.1 Å². The number of nitrogens with two attached hydrogens (primary N) is 1. The number of nitrogens with zero attached hydrogens (tertiary/aromatic N) is 3. The summed E-state index contributed by atoms with van der Waals surface area (Å²) in [6, 6.07) is 14.3. The van der Waals surface area contributed by atoms with Crippen molar-refractivity contribution in [3.63, 3.8) is 0 Å². The summed E-state index contributed by atoms with van der Waals surface area (Å²) in [4.78, 5) is 33.0. The van der Waals surface area contributed by atoms with Crippen LogP contribution in [0.15, 0.2) is 73.1 Å². The van der Waals surface area contributed by atoms with Crippen molar-refractivity contribution < 1.29 is 14.0 Å². The number of ketones is 1. The second-order valence-corrected chi connectivity index (χ2v) is 8.78. The lowest BCUT2D eigenvalue weighted by atomic mass is 9.68. The average molecular weight is 473 g/mol. The Balaban J connectivity index is 1.80. The molecule has 8 heteroatoms. The second-order valence-electron chi connectivity index (χ2n) is 8.34. The molecule has 3 aromatic rings. The van der Waals surface area contributed by atoms with Gasteiger partial charge in [-0.25, -0.2) is 4.39 Å². The predicted molar refractivity (Wildman–Crippen MR) is 125 cm³/mol. The van der Waals surface area contributed by atoms with Crippen LogP contribution in [0.5, 0.6) is 0 Å². The molecule has 0 aliphatic carbocycles. The summed E-state index contributed by atoms with van der Waals surface area (Å²) < 4.78 is 14.0. The zero-order valence-corrected chi connectivity index (χ0v) is 18.5. The molecule has 0 saturated carbocycles. The summed E-state index contributed by atoms with van der Waals surface area (Å²) in [5, 5.41) is 10.9. The molecular formula is C26H18ClFN4O2. The molecular weight excluding hydrogens is 455 g/mol. The first kappa shape index (κ1) is 21.8. The number of benzene rings is 2. The Kier molecular flexibility index (Phi) is 5.18. The number of Topliss-reactive ketones (excluding diaryl/α,β-unsaturated/α-hetero) is 1. The first-order chi connectivity index (χ1) is 16.4. The lowest BCUT2D eigenvalue weighted by Gasteiger charge is -2.36. The van der Waals surface area contributed by atoms with Crippen LogP contribution < -0.4 is 10.6 Å². The number of carbonyl (C=O) groups is 2. The van der Waals surface area contributed by atoms with Crippen molar-refractivity contribution in [2.24, 2.45) is 11.1 Å². The third-order valence-electron chi connectivity index (χ3n) is 6.63. The van der Waals surface area contributed by atoms with E-state index in [4.69, 9.17) is 17.3 Å². The molecule has 4 atom stereocenters. The SMILES string of the molecule is N#C[C@]1(C(N)=O)[C@@H](c2cccnc2)[C@@H](C(=O)c2ccc(Cl)cc2)N2c3ccc(F)cc3C=C[C@@H]21. The molecule has 1 fully saturated rings. The average Bonchev–Trinajstić information content (AvgIpc) is 3.16. The fraction of sp³-hybridized carbons (Fsp3) is 0.154. The van der Waals surface area contributed by atoms with Crippen LogP contribution in [-0.2, 0) is 4.79 Å². The van der Waals surface area contributed by atoms with Gasteiger partial charge in [-0.15, -0.1) is 0 Å². The molecule has 34 heavy (non-hydrogen) atoms. The largest absolute Gasteiger partial charge is 0.368 e. The minimum absolute atomic E-state index is 0.320. The molecule has 0 radical (unpaired) electrons. The standard InChI is InChI=1S/C26H18ClFN4O2/c27-18-6-3-15(4-7-18)24(33)23-22(17-2-1-11-31-13-17)26(14-29,25(30)34)21-10-5-16-12-19(28)8-9-20(16)32(21)23/h1-13,21-23H,(H2,30,34)/t21-,22+,23+,26-/m1/s1. The Morgan fingerprint density at radius 1 is 1.18 bits per heavy atom. The number of pyridine rings is 1. The third kappa shape index (κ3) is 3.11. The topological polar surface area (TPSA) is 100 Å². The van der Waals surface area contributed by atoms with Gasteiger partial charge in [0.05, 0.1) is 12.1 Å². The maximum atomic E-state index is 14.0. The van der Waals surface area contributed by atoms with Crippen molar-refractivity contribution in [1.82, 2.24) is 4.98 Å². The van der Waals surface area contributed by atoms with Crippen LogP contribution in [0.4, 0.5) is 10.1 Å². The summed E-state index contributed by atoms with van der Waals surface area (Å²) in [7, 11) is 0. The van der Waals surface area contributed by atoms with E-state index in [9.17, 15) is 19.2 Å². The number of hydrogen-bond acceptors (Lipinski definition) is 5. The number of nitriles is 1. The van der Waals surface area contributed by atoms with Gasteiger partial charge >= 0.3 is 0 Å². The van der Waals surface area contributed by atoms with Crippen LogP contribution in [-0.4, -0.2) is 28.8 Å². The summed E-state index contributed by atoms with van der Waals surface area (Å²) in [6.07, 6.45) is 6.41. The molecule has 2 N–H and O–H groups in total. The van der Waals surface area contributed by atoms with Gasteiger partial charge in [0.2, 0.25) is 5.91 Å². The van der Waals surface area contributed by atoms with Crippen LogP contribution in [0, 0.1) is 22.6 Å². The number of rotatable bonds is 4. The molecule has 3 heterocycles. The minimum Gasteiger partial charge on any atom is -0.368 e. The third-order valence-corrected chi connectivity index (χ3v) is 6.88. The Labute approximate surface area is 200 Å². The number of anilines is 1. The quantitative estimate of drug-likeness (QED) is 0.576. The van der Waals surface area contributed by atoms with E-state index >= 15 is 0 Å². The van der Waals surface area contributed by atoms with Crippen LogP contribution in [0.25, 0.3) is 6.08 Å². The lowest BCUT2D eigenvalue weighted by molar-refractivity contribution is -0.125. The molecule has 1 saturated heterocycles. The minimum atomic E-state index is -1.78. The van der Waals surface area contributed by atoms with Crippen molar-refractivity contribution in [3.8, 4) is 6.07 Å². The first-order valence-electron chi connectivity index (χ1n) is 10.6. The van der Waals surface area contributed by atoms with Crippen molar-refractivity contribution in [3.05, 3.63) is 101 Å². The van der Waals surface area contributed by atoms with E-state index in [1.165, 1.54) is 18.3 Å². The normalized spacial score (nSPS) is 24.7. The van der Waals surface area contributed by atoms with Crippen molar-refractivity contribution in [2.45, 2.75) is 18.0 Å². The molecule has 168 valence electrons. The van der Waals surface area contributed by atoms with Gasteiger partial charge in [-0.2, -0.15) is 5.26 Å². The molecule has 1 amide bonds. The highest BCUT2D eigenvalue weighted by atomic mass is 35.5. The number of carbonyl (C=O) groups excluding carboxylic acids is 2. The zero-order valence-electron chi connectivity index (χ0n) is 17.7. The van der Waals surface area contributed by atoms with Crippen LogP contribution in [0.2, 0.25) is 5.02 Å². The number of amides is 1. The number of aromatic nitrogens is 1. The monoisotopic (exact) mass is 472 g/mol. The number of halogens is 2. The van der Waals surface area contributed by atoms with Gasteiger partial charge in [0.25, 0.3) is 0 Å². The summed E-state index contributed by atoms with van der Waals surface area (Å²) in [6.45, 7) is 0. The first-order valence-corrected chi connectivity index (χ1v) is 10.9. The number of hydrogen-bond donors (Lipinski definition) is 1. The van der Waals surface area contributed by atoms with Gasteiger partial charge in [-0.3, -0.25) is 14.6 Å². The van der Waals surface area contributed by atoms with E-state index in [1.807, 2.05) is 0 Å². The van der Waals surface area contributed by atoms with E-state index in [2.05, 4.69) is 11.1 Å². The Morgan fingerprint density at radius 3 is 2.59 bits per heavy atom. The van der Waals surface area contributed by atoms with Gasteiger partial charge in [-0.1, -0.05) is 29.8 Å². The summed E-state index contributed by atoms with van der Waals surface area (Å²) in [5.41, 5.74) is 6.09. The highest BCUT2D eigenvalue weighted by Crippen LogP contribution is 2.55. The predicted octanol–water partition coefficient (Wildman–Crippen LogP) is 4.12. The fourth-order valence-electron chi connectivity index (χ4n) is 5.18. The molecule has 6 nitrogen and oxygen atoms in total. The number of fused-ring (bicyclic) bond motifs is 3. The van der Waals surface area contributed by atoms with Gasteiger partial charge in [0.15, 0.2) is 11.2 Å². The summed E-state index contributed by atoms with van der Waals surface area (Å²) in [5.74, 6) is -2.54. The van der Waals surface area contributed by atoms with Crippen molar-refractivity contribution in [2.75, 3.05) is 4.90 Å². The molecule has 2 aromatic carbocycles. The smallest absolute Gasteiger partial charge is 0.241 e. The van der Waals surface area contributed by atoms with Crippen LogP contribution in [0.3, 0.4) is 0 Å². The van der Waals surface area contributed by atoms with Crippen molar-refractivity contribution in [1.29, 1.82) is 5.26 Å². The van der Waals surface area contributed by atoms with E-state index in [-0.39, 0.29) is 5.78 Å². The molecule has 0 spiro atoms. The molecule has 0 bridgehead atoms. The van der Waals surface area contributed by atoms with E-state index in [0.29, 0.717) is 27.4 Å². The number of primary amides is 1. The Morgan fingerprint density at radius 2 is 1.94 bits per heavy atom. The molecule has 2 aliphatic heterocycles. The molecule has 2 aliphatic rings. The fourth-order valence-corrected chi connectivity index (χ4v) is 5.30. The zero-order chi connectivity index (χ0) is 24.0. The lowest BCUT2D eigenvalue weighted by Crippen LogP contribution is -2.49. The molecule has 1 aromatic heterocycles. The van der Waals surface area contributed by atoms with E-state index in [1.54, 1.807) is 65.7 Å². The Hall–Kier alpha value is -4.02. The maximum absolute atomic E-state index is 14.0.